The molecule has 0 bridgehead atoms. The van der Waals surface area contributed by atoms with E-state index in [-0.39, 0.29) is 5.91 Å². The monoisotopic (exact) mass is 320 g/mol. The van der Waals surface area contributed by atoms with E-state index >= 15 is 0 Å². The number of nitrogens with zero attached hydrogens (tertiary/aromatic N) is 1. The molecule has 0 saturated carbocycles. The molecule has 1 aromatic carbocycles. The molecule has 0 aliphatic carbocycles. The smallest absolute Gasteiger partial charge is 0.253 e. The molecule has 0 fully saturated rings. The molecule has 2 rings (SSSR count). The van der Waals surface area contributed by atoms with Crippen LogP contribution < -0.4 is 16.6 Å². The van der Waals surface area contributed by atoms with E-state index in [1.54, 1.807) is 12.1 Å². The molecule has 0 saturated heterocycles. The summed E-state index contributed by atoms with van der Waals surface area (Å²) in [6.07, 6.45) is 1.48. The maximum atomic E-state index is 11.9. The zero-order valence-corrected chi connectivity index (χ0v) is 11.6. The maximum absolute atomic E-state index is 11.9. The minimum absolute atomic E-state index is 0.168. The number of pyridine rings is 1. The Bertz CT molecular complexity index is 554. The van der Waals surface area contributed by atoms with Gasteiger partial charge in [-0.15, -0.1) is 0 Å². The average molecular weight is 321 g/mol. The number of hydrazine groups is 1. The molecule has 0 unspecified atom stereocenters. The van der Waals surface area contributed by atoms with Crippen molar-refractivity contribution in [1.29, 1.82) is 0 Å². The number of nitrogens with one attached hydrogen (secondary N) is 2. The molecule has 98 valence electrons. The lowest BCUT2D eigenvalue weighted by atomic mass is 10.2. The van der Waals surface area contributed by atoms with Crippen molar-refractivity contribution >= 4 is 27.7 Å². The van der Waals surface area contributed by atoms with Gasteiger partial charge >= 0.3 is 0 Å². The summed E-state index contributed by atoms with van der Waals surface area (Å²) in [4.78, 5) is 15.9. The first-order valence-corrected chi connectivity index (χ1v) is 6.43. The van der Waals surface area contributed by atoms with Gasteiger partial charge in [-0.25, -0.2) is 10.8 Å². The molecule has 1 amide bonds. The number of amides is 1. The van der Waals surface area contributed by atoms with Crippen molar-refractivity contribution in [3.05, 3.63) is 58.2 Å². The van der Waals surface area contributed by atoms with Crippen molar-refractivity contribution in [1.82, 2.24) is 10.3 Å². The number of carbonyl (C=O) groups excluding carboxylic acids is 1. The molecule has 4 N–H and O–H groups in total. The fourth-order valence-corrected chi connectivity index (χ4v) is 1.76. The van der Waals surface area contributed by atoms with Crippen LogP contribution in [0.3, 0.4) is 0 Å². The molecule has 0 radical (unpaired) electrons. The summed E-state index contributed by atoms with van der Waals surface area (Å²) in [5.41, 5.74) is 3.94. The molecule has 0 atom stereocenters. The summed E-state index contributed by atoms with van der Waals surface area (Å²) in [7, 11) is 0. The second kappa shape index (κ2) is 6.31. The van der Waals surface area contributed by atoms with Gasteiger partial charge in [0.1, 0.15) is 5.82 Å². The molecule has 1 heterocycles. The van der Waals surface area contributed by atoms with Crippen molar-refractivity contribution in [3.63, 3.8) is 0 Å². The van der Waals surface area contributed by atoms with Crippen LogP contribution in [-0.2, 0) is 6.54 Å². The predicted molar refractivity (Wildman–Crippen MR) is 77.4 cm³/mol. The number of halogens is 1. The van der Waals surface area contributed by atoms with Crippen LogP contribution in [0.15, 0.2) is 47.1 Å². The number of benzene rings is 1. The van der Waals surface area contributed by atoms with Crippen LogP contribution in [0.1, 0.15) is 15.9 Å². The van der Waals surface area contributed by atoms with Gasteiger partial charge in [0.05, 0.1) is 5.56 Å². The van der Waals surface area contributed by atoms with Gasteiger partial charge in [0, 0.05) is 17.2 Å². The van der Waals surface area contributed by atoms with Crippen molar-refractivity contribution in [2.45, 2.75) is 6.54 Å². The summed E-state index contributed by atoms with van der Waals surface area (Å²) >= 11 is 3.36. The molecule has 1 aromatic heterocycles. The number of aromatic nitrogens is 1. The molecule has 2 aromatic rings. The molecule has 19 heavy (non-hydrogen) atoms. The van der Waals surface area contributed by atoms with Gasteiger partial charge in [-0.3, -0.25) is 4.79 Å². The highest BCUT2D eigenvalue weighted by Gasteiger charge is 2.05. The summed E-state index contributed by atoms with van der Waals surface area (Å²) in [5.74, 6) is 5.56. The zero-order chi connectivity index (χ0) is 13.7. The first kappa shape index (κ1) is 13.5. The van der Waals surface area contributed by atoms with Gasteiger partial charge in [0.15, 0.2) is 0 Å². The highest BCUT2D eigenvalue weighted by atomic mass is 79.9. The average Bonchev–Trinajstić information content (AvgIpc) is 2.46. The van der Waals surface area contributed by atoms with Crippen molar-refractivity contribution in [2.75, 3.05) is 5.43 Å². The fourth-order valence-electron chi connectivity index (χ4n) is 1.50. The van der Waals surface area contributed by atoms with Gasteiger partial charge in [-0.1, -0.05) is 28.1 Å². The van der Waals surface area contributed by atoms with E-state index in [2.05, 4.69) is 31.7 Å². The fraction of sp³-hybridized carbons (Fsp3) is 0.0769. The second-order valence-corrected chi connectivity index (χ2v) is 4.80. The van der Waals surface area contributed by atoms with Gasteiger partial charge in [0.2, 0.25) is 0 Å². The van der Waals surface area contributed by atoms with Crippen LogP contribution in [0, 0.1) is 0 Å². The lowest BCUT2D eigenvalue weighted by molar-refractivity contribution is 0.0950. The minimum atomic E-state index is -0.168. The van der Waals surface area contributed by atoms with E-state index < -0.39 is 0 Å². The Morgan fingerprint density at radius 2 is 1.95 bits per heavy atom. The third-order valence-corrected chi connectivity index (χ3v) is 3.07. The molecule has 6 heteroatoms. The molecule has 0 aliphatic heterocycles. The van der Waals surface area contributed by atoms with E-state index in [4.69, 9.17) is 5.84 Å². The van der Waals surface area contributed by atoms with Crippen LogP contribution in [0.25, 0.3) is 0 Å². The standard InChI is InChI=1S/C13H13BrN4O/c14-11-4-1-9(2-5-11)7-17-13(19)10-3-6-12(18-15)16-8-10/h1-6,8H,7,15H2,(H,16,18)(H,17,19). The Balaban J connectivity index is 1.95. The highest BCUT2D eigenvalue weighted by molar-refractivity contribution is 9.10. The third-order valence-electron chi connectivity index (χ3n) is 2.54. The SMILES string of the molecule is NNc1ccc(C(=O)NCc2ccc(Br)cc2)cn1. The van der Waals surface area contributed by atoms with E-state index in [0.29, 0.717) is 17.9 Å². The third kappa shape index (κ3) is 3.77. The van der Waals surface area contributed by atoms with Crippen molar-refractivity contribution in [3.8, 4) is 0 Å². The number of hydrogen-bond donors (Lipinski definition) is 3. The number of rotatable bonds is 4. The Hall–Kier alpha value is -1.92. The predicted octanol–water partition coefficient (Wildman–Crippen LogP) is 2.06. The Morgan fingerprint density at radius 1 is 1.21 bits per heavy atom. The highest BCUT2D eigenvalue weighted by Crippen LogP contribution is 2.10. The number of hydrogen-bond acceptors (Lipinski definition) is 4. The maximum Gasteiger partial charge on any atom is 0.253 e. The Kier molecular flexibility index (Phi) is 4.48. The normalized spacial score (nSPS) is 10.0. The van der Waals surface area contributed by atoms with E-state index in [1.807, 2.05) is 24.3 Å². The largest absolute Gasteiger partial charge is 0.348 e. The van der Waals surface area contributed by atoms with Gasteiger partial charge < -0.3 is 10.7 Å². The summed E-state index contributed by atoms with van der Waals surface area (Å²) < 4.78 is 1.01. The van der Waals surface area contributed by atoms with Gasteiger partial charge in [-0.05, 0) is 29.8 Å². The minimum Gasteiger partial charge on any atom is -0.348 e. The number of carbonyl (C=O) groups is 1. The summed E-state index contributed by atoms with van der Waals surface area (Å²) in [6, 6.07) is 11.1. The molecule has 0 aliphatic rings. The van der Waals surface area contributed by atoms with Crippen molar-refractivity contribution < 1.29 is 4.79 Å². The lowest BCUT2D eigenvalue weighted by Crippen LogP contribution is -2.23. The van der Waals surface area contributed by atoms with E-state index in [0.717, 1.165) is 10.0 Å². The van der Waals surface area contributed by atoms with Crippen LogP contribution in [-0.4, -0.2) is 10.9 Å². The number of anilines is 1. The second-order valence-electron chi connectivity index (χ2n) is 3.89. The van der Waals surface area contributed by atoms with Gasteiger partial charge in [0.25, 0.3) is 5.91 Å². The number of nitrogen functional groups attached to an aromatic ring is 1. The van der Waals surface area contributed by atoms with Crippen LogP contribution >= 0.6 is 15.9 Å². The van der Waals surface area contributed by atoms with Crippen molar-refractivity contribution in [2.24, 2.45) is 5.84 Å². The first-order valence-electron chi connectivity index (χ1n) is 5.64. The Morgan fingerprint density at radius 3 is 2.53 bits per heavy atom. The summed E-state index contributed by atoms with van der Waals surface area (Å²) in [6.45, 7) is 0.475. The quantitative estimate of drug-likeness (QED) is 0.595. The van der Waals surface area contributed by atoms with Crippen LogP contribution in [0.5, 0.6) is 0 Å². The topological polar surface area (TPSA) is 80.0 Å². The molecule has 5 nitrogen and oxygen atoms in total. The van der Waals surface area contributed by atoms with Crippen LogP contribution in [0.4, 0.5) is 5.82 Å². The summed E-state index contributed by atoms with van der Waals surface area (Å²) in [5, 5.41) is 2.83. The zero-order valence-electron chi connectivity index (χ0n) is 10.1. The molecule has 0 spiro atoms. The Labute approximate surface area is 119 Å². The van der Waals surface area contributed by atoms with E-state index in [1.165, 1.54) is 6.20 Å². The molecular formula is C13H13BrN4O. The first-order chi connectivity index (χ1) is 9.19. The van der Waals surface area contributed by atoms with E-state index in [9.17, 15) is 4.79 Å². The molecular weight excluding hydrogens is 308 g/mol. The van der Waals surface area contributed by atoms with Gasteiger partial charge in [-0.2, -0.15) is 0 Å². The van der Waals surface area contributed by atoms with Crippen LogP contribution in [0.2, 0.25) is 0 Å². The lowest BCUT2D eigenvalue weighted by Gasteiger charge is -2.06. The number of nitrogens with two attached hydrogens (primary N) is 1.